The molecule has 1 aliphatic rings. The van der Waals surface area contributed by atoms with Gasteiger partial charge < -0.3 is 10.2 Å². The molecular weight excluding hydrogens is 426 g/mol. The molecule has 0 saturated carbocycles. The average Bonchev–Trinajstić information content (AvgIpc) is 2.77. The van der Waals surface area contributed by atoms with Crippen LogP contribution in [0.2, 0.25) is 0 Å². The molecule has 10 nitrogen and oxygen atoms in total. The Kier molecular flexibility index (Phi) is 5.67. The number of benzene rings is 1. The molecule has 1 N–H and O–H groups in total. The van der Waals surface area contributed by atoms with Crippen LogP contribution in [0, 0.1) is 15.5 Å². The molecule has 0 radical (unpaired) electrons. The zero-order valence-electron chi connectivity index (χ0n) is 18.3. The second kappa shape index (κ2) is 8.45. The summed E-state index contributed by atoms with van der Waals surface area (Å²) in [5.41, 5.74) is 0.283. The number of fused-ring (bicyclic) bond motifs is 1. The van der Waals surface area contributed by atoms with Crippen molar-refractivity contribution in [3.8, 4) is 0 Å². The van der Waals surface area contributed by atoms with Gasteiger partial charge >= 0.3 is 0 Å². The molecule has 33 heavy (non-hydrogen) atoms. The lowest BCUT2D eigenvalue weighted by Crippen LogP contribution is -2.56. The van der Waals surface area contributed by atoms with Crippen molar-refractivity contribution in [2.45, 2.75) is 26.9 Å². The molecule has 3 heterocycles. The monoisotopic (exact) mass is 449 g/mol. The van der Waals surface area contributed by atoms with Crippen LogP contribution in [0.5, 0.6) is 0 Å². The lowest BCUT2D eigenvalue weighted by Gasteiger charge is -2.45. The van der Waals surface area contributed by atoms with Gasteiger partial charge in [0, 0.05) is 43.4 Å². The summed E-state index contributed by atoms with van der Waals surface area (Å²) < 4.78 is 1.24. The molecule has 2 aromatic heterocycles. The first-order chi connectivity index (χ1) is 15.6. The second-order valence-electron chi connectivity index (χ2n) is 8.89. The summed E-state index contributed by atoms with van der Waals surface area (Å²) >= 11 is 0. The van der Waals surface area contributed by atoms with Gasteiger partial charge in [0.25, 0.3) is 17.2 Å². The number of nitrogens with one attached hydrogen (secondary N) is 1. The van der Waals surface area contributed by atoms with E-state index in [4.69, 9.17) is 0 Å². The number of aromatic nitrogens is 2. The summed E-state index contributed by atoms with van der Waals surface area (Å²) in [7, 11) is 0. The van der Waals surface area contributed by atoms with Crippen LogP contribution in [0.3, 0.4) is 0 Å². The summed E-state index contributed by atoms with van der Waals surface area (Å²) in [5.74, 6) is -0.804. The van der Waals surface area contributed by atoms with Gasteiger partial charge in [-0.1, -0.05) is 26.0 Å². The minimum absolute atomic E-state index is 0.0507. The Hall–Kier alpha value is -4.08. The maximum atomic E-state index is 13.2. The first-order valence-electron chi connectivity index (χ1n) is 10.4. The van der Waals surface area contributed by atoms with Crippen molar-refractivity contribution in [2.24, 2.45) is 5.41 Å². The van der Waals surface area contributed by atoms with E-state index in [2.05, 4.69) is 24.1 Å². The highest BCUT2D eigenvalue weighted by atomic mass is 16.6. The van der Waals surface area contributed by atoms with Gasteiger partial charge in [0.15, 0.2) is 0 Å². The van der Waals surface area contributed by atoms with Crippen LogP contribution in [-0.2, 0) is 17.9 Å². The minimum atomic E-state index is -0.601. The number of nitro groups is 1. The van der Waals surface area contributed by atoms with Crippen LogP contribution in [0.1, 0.15) is 29.8 Å². The smallest absolute Gasteiger partial charge is 0.269 e. The number of hydrogen-bond donors (Lipinski definition) is 1. The van der Waals surface area contributed by atoms with Crippen molar-refractivity contribution in [3.63, 3.8) is 0 Å². The summed E-state index contributed by atoms with van der Waals surface area (Å²) in [5, 5.41) is 14.0. The number of carbonyl (C=O) groups excluding carboxylic acids is 2. The fourth-order valence-corrected chi connectivity index (χ4v) is 3.93. The van der Waals surface area contributed by atoms with Crippen LogP contribution in [-0.4, -0.2) is 44.3 Å². The molecule has 170 valence electrons. The molecule has 2 amide bonds. The van der Waals surface area contributed by atoms with E-state index in [0.717, 1.165) is 0 Å². The van der Waals surface area contributed by atoms with E-state index in [-0.39, 0.29) is 35.7 Å². The van der Waals surface area contributed by atoms with Gasteiger partial charge in [-0.3, -0.25) is 29.1 Å². The molecule has 1 aliphatic heterocycles. The molecule has 0 spiro atoms. The SMILES string of the molecule is CC1(C)CN(C(=O)Cn2c(=O)c(C(=O)NCc3ccc([N+](=O)[O-])cc3)cc3cccnc32)C1. The van der Waals surface area contributed by atoms with Crippen LogP contribution in [0.4, 0.5) is 5.69 Å². The Bertz CT molecular complexity index is 1310. The zero-order chi connectivity index (χ0) is 23.8. The maximum Gasteiger partial charge on any atom is 0.269 e. The standard InChI is InChI=1S/C23H23N5O5/c1-23(2)13-26(14-23)19(29)12-27-20-16(4-3-9-24-20)10-18(22(27)31)21(30)25-11-15-5-7-17(8-6-15)28(32)33/h3-10H,11-14H2,1-2H3,(H,25,30). The number of nitrogens with zero attached hydrogens (tertiary/aromatic N) is 4. The van der Waals surface area contributed by atoms with Gasteiger partial charge in [-0.15, -0.1) is 0 Å². The molecule has 1 aromatic carbocycles. The second-order valence-corrected chi connectivity index (χ2v) is 8.89. The normalized spacial score (nSPS) is 14.5. The number of rotatable bonds is 6. The van der Waals surface area contributed by atoms with E-state index < -0.39 is 16.4 Å². The molecule has 10 heteroatoms. The van der Waals surface area contributed by atoms with Crippen LogP contribution in [0.25, 0.3) is 11.0 Å². The number of pyridine rings is 2. The lowest BCUT2D eigenvalue weighted by atomic mass is 9.84. The molecule has 1 fully saturated rings. The number of hydrogen-bond acceptors (Lipinski definition) is 6. The quantitative estimate of drug-likeness (QED) is 0.453. The number of carbonyl (C=O) groups is 2. The molecule has 0 unspecified atom stereocenters. The van der Waals surface area contributed by atoms with Crippen LogP contribution in [0.15, 0.2) is 53.5 Å². The molecule has 4 rings (SSSR count). The summed E-state index contributed by atoms with van der Waals surface area (Å²) in [6.45, 7) is 5.24. The molecule has 0 bridgehead atoms. The molecule has 1 saturated heterocycles. The van der Waals surface area contributed by atoms with Crippen molar-refractivity contribution in [3.05, 3.63) is 80.3 Å². The molecular formula is C23H23N5O5. The topological polar surface area (TPSA) is 127 Å². The van der Waals surface area contributed by atoms with Crippen molar-refractivity contribution < 1.29 is 14.5 Å². The highest BCUT2D eigenvalue weighted by molar-refractivity contribution is 5.97. The van der Waals surface area contributed by atoms with Gasteiger partial charge in [0.2, 0.25) is 5.91 Å². The zero-order valence-corrected chi connectivity index (χ0v) is 18.3. The van der Waals surface area contributed by atoms with Gasteiger partial charge in [-0.2, -0.15) is 0 Å². The fraction of sp³-hybridized carbons (Fsp3) is 0.304. The van der Waals surface area contributed by atoms with E-state index in [0.29, 0.717) is 29.7 Å². The van der Waals surface area contributed by atoms with Gasteiger partial charge in [-0.05, 0) is 29.2 Å². The predicted octanol–water partition coefficient (Wildman–Crippen LogP) is 2.10. The average molecular weight is 449 g/mol. The predicted molar refractivity (Wildman–Crippen MR) is 121 cm³/mol. The summed E-state index contributed by atoms with van der Waals surface area (Å²) in [6.07, 6.45) is 1.53. The number of amides is 2. The van der Waals surface area contributed by atoms with Crippen LogP contribution < -0.4 is 10.9 Å². The van der Waals surface area contributed by atoms with E-state index in [1.807, 2.05) is 0 Å². The van der Waals surface area contributed by atoms with E-state index >= 15 is 0 Å². The highest BCUT2D eigenvalue weighted by Crippen LogP contribution is 2.28. The first-order valence-corrected chi connectivity index (χ1v) is 10.4. The number of likely N-dealkylation sites (tertiary alicyclic amines) is 1. The largest absolute Gasteiger partial charge is 0.348 e. The molecule has 0 aliphatic carbocycles. The fourth-order valence-electron chi connectivity index (χ4n) is 3.93. The van der Waals surface area contributed by atoms with Crippen molar-refractivity contribution in [1.82, 2.24) is 19.8 Å². The van der Waals surface area contributed by atoms with E-state index in [1.165, 1.54) is 41.1 Å². The molecule has 3 aromatic rings. The first kappa shape index (κ1) is 22.1. The Morgan fingerprint density at radius 1 is 1.18 bits per heavy atom. The van der Waals surface area contributed by atoms with Gasteiger partial charge in [0.1, 0.15) is 17.8 Å². The Balaban J connectivity index is 1.57. The molecule has 0 atom stereocenters. The summed E-state index contributed by atoms with van der Waals surface area (Å²) in [4.78, 5) is 54.9. The number of nitro benzene ring substituents is 1. The Morgan fingerprint density at radius 3 is 2.52 bits per heavy atom. The third-order valence-electron chi connectivity index (χ3n) is 5.58. The third-order valence-corrected chi connectivity index (χ3v) is 5.58. The van der Waals surface area contributed by atoms with E-state index in [1.54, 1.807) is 17.0 Å². The Morgan fingerprint density at radius 2 is 1.88 bits per heavy atom. The lowest BCUT2D eigenvalue weighted by molar-refractivity contribution is -0.384. The minimum Gasteiger partial charge on any atom is -0.348 e. The Labute approximate surface area is 189 Å². The number of non-ortho nitro benzene ring substituents is 1. The van der Waals surface area contributed by atoms with Gasteiger partial charge in [0.05, 0.1) is 4.92 Å². The highest BCUT2D eigenvalue weighted by Gasteiger charge is 2.37. The maximum absolute atomic E-state index is 13.2. The third kappa shape index (κ3) is 4.59. The van der Waals surface area contributed by atoms with E-state index in [9.17, 15) is 24.5 Å². The van der Waals surface area contributed by atoms with Crippen molar-refractivity contribution in [2.75, 3.05) is 13.1 Å². The van der Waals surface area contributed by atoms with Crippen LogP contribution >= 0.6 is 0 Å². The summed E-state index contributed by atoms with van der Waals surface area (Å²) in [6, 6.07) is 10.6. The van der Waals surface area contributed by atoms with Crippen molar-refractivity contribution >= 4 is 28.5 Å². The van der Waals surface area contributed by atoms with Gasteiger partial charge in [-0.25, -0.2) is 4.98 Å². The van der Waals surface area contributed by atoms with Crippen molar-refractivity contribution in [1.29, 1.82) is 0 Å².